The number of thioether (sulfide) groups is 1. The summed E-state index contributed by atoms with van der Waals surface area (Å²) in [4.78, 5) is 1.46. The topological polar surface area (TPSA) is 0 Å². The van der Waals surface area contributed by atoms with Gasteiger partial charge in [0, 0.05) is 14.1 Å². The molecule has 0 saturated heterocycles. The van der Waals surface area contributed by atoms with E-state index in [2.05, 4.69) is 64.7 Å². The molecule has 4 unspecified atom stereocenters. The van der Waals surface area contributed by atoms with Crippen LogP contribution in [0.5, 0.6) is 0 Å². The second-order valence-corrected chi connectivity index (χ2v) is 7.36. The fraction of sp³-hybridized carbons (Fsp3) is 0.538. The average Bonchev–Trinajstić information content (AvgIpc) is 2.84. The monoisotopic (exact) mass is 330 g/mol. The molecule has 3 rings (SSSR count). The molecule has 15 heavy (non-hydrogen) atoms. The van der Waals surface area contributed by atoms with Crippen LogP contribution in [0.25, 0.3) is 0 Å². The molecule has 2 fully saturated rings. The maximum Gasteiger partial charge on any atom is 0.0263 e. The summed E-state index contributed by atoms with van der Waals surface area (Å²) in [5, 5.41) is 0.881. The minimum atomic E-state index is 0.881. The Balaban J connectivity index is 1.74. The third-order valence-corrected chi connectivity index (χ3v) is 7.53. The molecule has 0 amide bonds. The Bertz CT molecular complexity index is 336. The highest BCUT2D eigenvalue weighted by atomic mass is 127. The molecule has 0 aromatic heterocycles. The standard InChI is InChI=1S/C13H15IS/c14-12-9-6-7-10(8-9)13(12)15-11-4-2-1-3-5-11/h1-5,9-10,12-13H,6-8H2. The van der Waals surface area contributed by atoms with Gasteiger partial charge in [-0.1, -0.05) is 40.8 Å². The van der Waals surface area contributed by atoms with Crippen LogP contribution in [0, 0.1) is 11.8 Å². The van der Waals surface area contributed by atoms with Crippen LogP contribution >= 0.6 is 34.4 Å². The summed E-state index contributed by atoms with van der Waals surface area (Å²) < 4.78 is 0.909. The summed E-state index contributed by atoms with van der Waals surface area (Å²) in [6.45, 7) is 0. The van der Waals surface area contributed by atoms with Crippen molar-refractivity contribution in [3.63, 3.8) is 0 Å². The van der Waals surface area contributed by atoms with E-state index in [0.29, 0.717) is 0 Å². The van der Waals surface area contributed by atoms with Gasteiger partial charge in [0.15, 0.2) is 0 Å². The van der Waals surface area contributed by atoms with E-state index < -0.39 is 0 Å². The largest absolute Gasteiger partial charge is 0.121 e. The Morgan fingerprint density at radius 3 is 2.47 bits per heavy atom. The fourth-order valence-electron chi connectivity index (χ4n) is 2.99. The van der Waals surface area contributed by atoms with E-state index >= 15 is 0 Å². The van der Waals surface area contributed by atoms with Crippen molar-refractivity contribution >= 4 is 34.4 Å². The second-order valence-electron chi connectivity index (χ2n) is 4.67. The van der Waals surface area contributed by atoms with Gasteiger partial charge >= 0.3 is 0 Å². The highest BCUT2D eigenvalue weighted by Crippen LogP contribution is 2.54. The summed E-state index contributed by atoms with van der Waals surface area (Å²) in [5.74, 6) is 2.03. The Hall–Kier alpha value is 0.300. The Kier molecular flexibility index (Phi) is 2.99. The van der Waals surface area contributed by atoms with Crippen molar-refractivity contribution < 1.29 is 0 Å². The molecule has 2 saturated carbocycles. The van der Waals surface area contributed by atoms with Crippen LogP contribution in [0.1, 0.15) is 19.3 Å². The molecule has 0 radical (unpaired) electrons. The molecular formula is C13H15IS. The summed E-state index contributed by atoms with van der Waals surface area (Å²) in [6.07, 6.45) is 4.47. The lowest BCUT2D eigenvalue weighted by Crippen LogP contribution is -2.24. The van der Waals surface area contributed by atoms with Crippen LogP contribution in [-0.4, -0.2) is 9.17 Å². The molecule has 1 aromatic carbocycles. The van der Waals surface area contributed by atoms with Gasteiger partial charge in [-0.25, -0.2) is 0 Å². The van der Waals surface area contributed by atoms with Crippen LogP contribution in [-0.2, 0) is 0 Å². The Labute approximate surface area is 109 Å². The number of alkyl halides is 1. The van der Waals surface area contributed by atoms with Gasteiger partial charge in [-0.05, 0) is 43.2 Å². The number of halogens is 1. The van der Waals surface area contributed by atoms with E-state index in [1.54, 1.807) is 0 Å². The lowest BCUT2D eigenvalue weighted by Gasteiger charge is -2.26. The summed E-state index contributed by atoms with van der Waals surface area (Å²) in [7, 11) is 0. The van der Waals surface area contributed by atoms with E-state index in [1.165, 1.54) is 24.2 Å². The molecule has 4 atom stereocenters. The van der Waals surface area contributed by atoms with E-state index in [9.17, 15) is 0 Å². The molecule has 1 aromatic rings. The van der Waals surface area contributed by atoms with Crippen molar-refractivity contribution in [1.82, 2.24) is 0 Å². The second kappa shape index (κ2) is 4.28. The molecule has 2 bridgehead atoms. The van der Waals surface area contributed by atoms with E-state index in [4.69, 9.17) is 0 Å². The predicted octanol–water partition coefficient (Wildman–Crippen LogP) is 4.38. The first-order chi connectivity index (χ1) is 7.34. The van der Waals surface area contributed by atoms with Gasteiger partial charge in [0.1, 0.15) is 0 Å². The number of benzene rings is 1. The lowest BCUT2D eigenvalue weighted by atomic mass is 10.0. The van der Waals surface area contributed by atoms with Gasteiger partial charge in [0.25, 0.3) is 0 Å². The average molecular weight is 330 g/mol. The van der Waals surface area contributed by atoms with E-state index in [1.807, 2.05) is 0 Å². The smallest absolute Gasteiger partial charge is 0.0263 e. The quantitative estimate of drug-likeness (QED) is 0.573. The van der Waals surface area contributed by atoms with Crippen molar-refractivity contribution in [2.75, 3.05) is 0 Å². The zero-order chi connectivity index (χ0) is 10.3. The first-order valence-electron chi connectivity index (χ1n) is 5.70. The Morgan fingerprint density at radius 2 is 1.80 bits per heavy atom. The van der Waals surface area contributed by atoms with Crippen molar-refractivity contribution in [2.45, 2.75) is 33.3 Å². The highest BCUT2D eigenvalue weighted by Gasteiger charge is 2.46. The summed E-state index contributed by atoms with van der Waals surface area (Å²) in [5.41, 5.74) is 0. The highest BCUT2D eigenvalue weighted by molar-refractivity contribution is 14.1. The van der Waals surface area contributed by atoms with Crippen LogP contribution in [0.15, 0.2) is 35.2 Å². The third kappa shape index (κ3) is 1.95. The molecule has 2 heteroatoms. The van der Waals surface area contributed by atoms with Crippen LogP contribution < -0.4 is 0 Å². The molecule has 80 valence electrons. The number of hydrogen-bond acceptors (Lipinski definition) is 1. The zero-order valence-corrected chi connectivity index (χ0v) is 11.6. The molecular weight excluding hydrogens is 315 g/mol. The van der Waals surface area contributed by atoms with E-state index in [0.717, 1.165) is 21.0 Å². The molecule has 2 aliphatic rings. The maximum absolute atomic E-state index is 2.69. The van der Waals surface area contributed by atoms with Crippen molar-refractivity contribution in [3.8, 4) is 0 Å². The predicted molar refractivity (Wildman–Crippen MR) is 74.7 cm³/mol. The first-order valence-corrected chi connectivity index (χ1v) is 7.83. The van der Waals surface area contributed by atoms with Gasteiger partial charge in [-0.2, -0.15) is 0 Å². The van der Waals surface area contributed by atoms with Gasteiger partial charge in [-0.15, -0.1) is 11.8 Å². The van der Waals surface area contributed by atoms with Crippen LogP contribution in [0.4, 0.5) is 0 Å². The Morgan fingerprint density at radius 1 is 1.07 bits per heavy atom. The molecule has 2 aliphatic carbocycles. The fourth-order valence-corrected chi connectivity index (χ4v) is 6.09. The SMILES string of the molecule is IC1C2CCC(C2)C1Sc1ccccc1. The van der Waals surface area contributed by atoms with Crippen LogP contribution in [0.3, 0.4) is 0 Å². The molecule has 0 heterocycles. The normalized spacial score (nSPS) is 38.5. The molecule has 0 spiro atoms. The van der Waals surface area contributed by atoms with Gasteiger partial charge in [-0.3, -0.25) is 0 Å². The zero-order valence-electron chi connectivity index (χ0n) is 8.60. The maximum atomic E-state index is 2.69. The minimum absolute atomic E-state index is 0.881. The first kappa shape index (κ1) is 10.5. The van der Waals surface area contributed by atoms with Gasteiger partial charge < -0.3 is 0 Å². The number of fused-ring (bicyclic) bond motifs is 2. The number of rotatable bonds is 2. The molecule has 0 nitrogen and oxygen atoms in total. The van der Waals surface area contributed by atoms with Gasteiger partial charge in [0.2, 0.25) is 0 Å². The number of hydrogen-bond donors (Lipinski definition) is 0. The van der Waals surface area contributed by atoms with Crippen molar-refractivity contribution in [2.24, 2.45) is 11.8 Å². The van der Waals surface area contributed by atoms with Crippen LogP contribution in [0.2, 0.25) is 0 Å². The summed E-state index contributed by atoms with van der Waals surface area (Å²) >= 11 is 4.81. The molecule has 0 aliphatic heterocycles. The summed E-state index contributed by atoms with van der Waals surface area (Å²) in [6, 6.07) is 10.9. The minimum Gasteiger partial charge on any atom is -0.121 e. The van der Waals surface area contributed by atoms with E-state index in [-0.39, 0.29) is 0 Å². The van der Waals surface area contributed by atoms with Gasteiger partial charge in [0.05, 0.1) is 0 Å². The third-order valence-electron chi connectivity index (χ3n) is 3.76. The van der Waals surface area contributed by atoms with Crippen molar-refractivity contribution in [1.29, 1.82) is 0 Å². The van der Waals surface area contributed by atoms with Crippen molar-refractivity contribution in [3.05, 3.63) is 30.3 Å². The lowest BCUT2D eigenvalue weighted by molar-refractivity contribution is 0.515. The molecule has 0 N–H and O–H groups in total.